The number of hydrogen-bond acceptors (Lipinski definition) is 4. The number of nitrogens with two attached hydrogens (primary N) is 1. The van der Waals surface area contributed by atoms with E-state index in [-0.39, 0.29) is 16.7 Å². The smallest absolute Gasteiger partial charge is 0.248 e. The van der Waals surface area contributed by atoms with Crippen molar-refractivity contribution in [3.63, 3.8) is 0 Å². The minimum Gasteiger partial charge on any atom is -0.366 e. The summed E-state index contributed by atoms with van der Waals surface area (Å²) < 4.78 is 27.0. The Balaban J connectivity index is 1.61. The van der Waals surface area contributed by atoms with Gasteiger partial charge in [-0.1, -0.05) is 17.7 Å². The molecule has 8 heteroatoms. The summed E-state index contributed by atoms with van der Waals surface area (Å²) in [7, 11) is -3.55. The van der Waals surface area contributed by atoms with E-state index in [1.54, 1.807) is 49.4 Å². The van der Waals surface area contributed by atoms with Crippen molar-refractivity contribution in [1.29, 1.82) is 0 Å². The Morgan fingerprint density at radius 2 is 1.66 bits per heavy atom. The van der Waals surface area contributed by atoms with E-state index in [2.05, 4.69) is 5.32 Å². The Morgan fingerprint density at radius 1 is 1.03 bits per heavy atom. The summed E-state index contributed by atoms with van der Waals surface area (Å²) in [6.07, 6.45) is 0.907. The average Bonchev–Trinajstić information content (AvgIpc) is 2.68. The molecule has 2 amide bonds. The highest BCUT2D eigenvalue weighted by molar-refractivity contribution is 7.89. The molecule has 0 saturated carbocycles. The zero-order valence-corrected chi connectivity index (χ0v) is 17.3. The lowest BCUT2D eigenvalue weighted by Crippen LogP contribution is -2.41. The first-order chi connectivity index (χ1) is 13.7. The Hall–Kier alpha value is -2.71. The summed E-state index contributed by atoms with van der Waals surface area (Å²) in [5.41, 5.74) is 7.99. The maximum Gasteiger partial charge on any atom is 0.248 e. The van der Waals surface area contributed by atoms with E-state index in [4.69, 9.17) is 5.73 Å². The third-order valence-electron chi connectivity index (χ3n) is 5.24. The quantitative estimate of drug-likeness (QED) is 0.781. The van der Waals surface area contributed by atoms with Gasteiger partial charge in [0.2, 0.25) is 21.8 Å². The van der Waals surface area contributed by atoms with Crippen LogP contribution in [0.25, 0.3) is 0 Å². The maximum absolute atomic E-state index is 12.8. The highest BCUT2D eigenvalue weighted by atomic mass is 32.2. The van der Waals surface area contributed by atoms with Gasteiger partial charge in [-0.05, 0) is 62.6 Å². The number of carbonyl (C=O) groups excluding carboxylic acids is 2. The highest BCUT2D eigenvalue weighted by Crippen LogP contribution is 2.25. The van der Waals surface area contributed by atoms with Gasteiger partial charge in [0.05, 0.1) is 4.90 Å². The molecule has 0 bridgehead atoms. The fourth-order valence-corrected chi connectivity index (χ4v) is 4.95. The molecule has 0 radical (unpaired) electrons. The van der Waals surface area contributed by atoms with E-state index in [1.807, 2.05) is 6.92 Å². The number of carbonyl (C=O) groups is 2. The van der Waals surface area contributed by atoms with Gasteiger partial charge in [0.15, 0.2) is 0 Å². The van der Waals surface area contributed by atoms with Crippen LogP contribution in [0, 0.1) is 19.8 Å². The van der Waals surface area contributed by atoms with Crippen LogP contribution in [0.2, 0.25) is 0 Å². The third kappa shape index (κ3) is 4.65. The van der Waals surface area contributed by atoms with Gasteiger partial charge in [0.1, 0.15) is 0 Å². The number of amides is 2. The van der Waals surface area contributed by atoms with Crippen molar-refractivity contribution in [3.05, 3.63) is 59.2 Å². The van der Waals surface area contributed by atoms with Crippen LogP contribution in [-0.2, 0) is 14.8 Å². The molecular formula is C21H25N3O4S. The zero-order chi connectivity index (χ0) is 21.2. The Kier molecular flexibility index (Phi) is 6.04. The SMILES string of the molecule is Cc1ccc(S(=O)(=O)N2CCC(C(=O)Nc3ccc(C(N)=O)c(C)c3)CC2)cc1. The minimum absolute atomic E-state index is 0.149. The van der Waals surface area contributed by atoms with Gasteiger partial charge in [-0.2, -0.15) is 4.31 Å². The van der Waals surface area contributed by atoms with Crippen LogP contribution in [0.15, 0.2) is 47.4 Å². The van der Waals surface area contributed by atoms with Crippen LogP contribution in [0.3, 0.4) is 0 Å². The van der Waals surface area contributed by atoms with E-state index < -0.39 is 15.9 Å². The lowest BCUT2D eigenvalue weighted by atomic mass is 9.97. The maximum atomic E-state index is 12.8. The normalized spacial score (nSPS) is 15.8. The molecule has 0 aliphatic carbocycles. The second kappa shape index (κ2) is 8.34. The van der Waals surface area contributed by atoms with Crippen molar-refractivity contribution in [1.82, 2.24) is 4.31 Å². The fourth-order valence-electron chi connectivity index (χ4n) is 3.48. The molecule has 1 aliphatic rings. The summed E-state index contributed by atoms with van der Waals surface area (Å²) in [6.45, 7) is 4.26. The second-order valence-corrected chi connectivity index (χ2v) is 9.31. The largest absolute Gasteiger partial charge is 0.366 e. The van der Waals surface area contributed by atoms with Crippen LogP contribution in [0.1, 0.15) is 34.3 Å². The molecule has 1 fully saturated rings. The van der Waals surface area contributed by atoms with Crippen molar-refractivity contribution in [2.45, 2.75) is 31.6 Å². The molecule has 0 unspecified atom stereocenters. The zero-order valence-electron chi connectivity index (χ0n) is 16.5. The molecule has 0 atom stereocenters. The number of nitrogens with one attached hydrogen (secondary N) is 1. The number of hydrogen-bond donors (Lipinski definition) is 2. The van der Waals surface area contributed by atoms with Gasteiger partial charge in [0, 0.05) is 30.3 Å². The lowest BCUT2D eigenvalue weighted by molar-refractivity contribution is -0.120. The van der Waals surface area contributed by atoms with Crippen LogP contribution in [-0.4, -0.2) is 37.6 Å². The predicted octanol–water partition coefficient (Wildman–Crippen LogP) is 2.44. The lowest BCUT2D eigenvalue weighted by Gasteiger charge is -2.30. The molecule has 1 heterocycles. The molecule has 0 aromatic heterocycles. The summed E-state index contributed by atoms with van der Waals surface area (Å²) in [5.74, 6) is -0.929. The number of nitrogens with zero attached hydrogens (tertiary/aromatic N) is 1. The topological polar surface area (TPSA) is 110 Å². The second-order valence-electron chi connectivity index (χ2n) is 7.37. The Bertz CT molecular complexity index is 1020. The van der Waals surface area contributed by atoms with Gasteiger partial charge >= 0.3 is 0 Å². The number of rotatable bonds is 5. The van der Waals surface area contributed by atoms with Gasteiger partial charge in [-0.15, -0.1) is 0 Å². The first-order valence-corrected chi connectivity index (χ1v) is 10.9. The monoisotopic (exact) mass is 415 g/mol. The minimum atomic E-state index is -3.55. The first kappa shape index (κ1) is 21.0. The third-order valence-corrected chi connectivity index (χ3v) is 7.16. The molecule has 2 aromatic rings. The van der Waals surface area contributed by atoms with Gasteiger partial charge in [-0.25, -0.2) is 8.42 Å². The van der Waals surface area contributed by atoms with E-state index in [0.29, 0.717) is 42.7 Å². The summed E-state index contributed by atoms with van der Waals surface area (Å²) in [5, 5.41) is 2.85. The molecule has 154 valence electrons. The average molecular weight is 416 g/mol. The van der Waals surface area contributed by atoms with Crippen LogP contribution in [0.5, 0.6) is 0 Å². The summed E-state index contributed by atoms with van der Waals surface area (Å²) >= 11 is 0. The molecule has 1 aliphatic heterocycles. The van der Waals surface area contributed by atoms with E-state index in [9.17, 15) is 18.0 Å². The van der Waals surface area contributed by atoms with Crippen LogP contribution >= 0.6 is 0 Å². The summed E-state index contributed by atoms with van der Waals surface area (Å²) in [4.78, 5) is 24.2. The van der Waals surface area contributed by atoms with Gasteiger partial charge in [-0.3, -0.25) is 9.59 Å². The fraction of sp³-hybridized carbons (Fsp3) is 0.333. The molecule has 3 rings (SSSR count). The standard InChI is InChI=1S/C21H25N3O4S/c1-14-3-6-18(7-4-14)29(27,28)24-11-9-16(10-12-24)21(26)23-17-5-8-19(20(22)25)15(2)13-17/h3-8,13,16H,9-12H2,1-2H3,(H2,22,25)(H,23,26). The Morgan fingerprint density at radius 3 is 2.21 bits per heavy atom. The Labute approximate surface area is 171 Å². The van der Waals surface area contributed by atoms with Crippen molar-refractivity contribution >= 4 is 27.5 Å². The number of benzene rings is 2. The van der Waals surface area contributed by atoms with E-state index in [0.717, 1.165) is 5.56 Å². The molecule has 7 nitrogen and oxygen atoms in total. The molecule has 0 spiro atoms. The number of sulfonamides is 1. The number of aryl methyl sites for hydroxylation is 2. The van der Waals surface area contributed by atoms with Crippen molar-refractivity contribution in [3.8, 4) is 0 Å². The van der Waals surface area contributed by atoms with Crippen molar-refractivity contribution in [2.75, 3.05) is 18.4 Å². The van der Waals surface area contributed by atoms with Gasteiger partial charge in [0.25, 0.3) is 0 Å². The van der Waals surface area contributed by atoms with Crippen LogP contribution in [0.4, 0.5) is 5.69 Å². The molecular weight excluding hydrogens is 390 g/mol. The van der Waals surface area contributed by atoms with Crippen molar-refractivity contribution in [2.24, 2.45) is 11.7 Å². The molecule has 3 N–H and O–H groups in total. The predicted molar refractivity (Wildman–Crippen MR) is 111 cm³/mol. The highest BCUT2D eigenvalue weighted by Gasteiger charge is 2.32. The molecule has 29 heavy (non-hydrogen) atoms. The number of piperidine rings is 1. The first-order valence-electron chi connectivity index (χ1n) is 9.46. The van der Waals surface area contributed by atoms with Gasteiger partial charge < -0.3 is 11.1 Å². The number of anilines is 1. The van der Waals surface area contributed by atoms with Crippen molar-refractivity contribution < 1.29 is 18.0 Å². The molecule has 1 saturated heterocycles. The van der Waals surface area contributed by atoms with Crippen LogP contribution < -0.4 is 11.1 Å². The summed E-state index contributed by atoms with van der Waals surface area (Å²) in [6, 6.07) is 11.7. The number of primary amides is 1. The molecule has 2 aromatic carbocycles. The van der Waals surface area contributed by atoms with E-state index >= 15 is 0 Å². The van der Waals surface area contributed by atoms with E-state index in [1.165, 1.54) is 4.31 Å².